The van der Waals surface area contributed by atoms with Crippen LogP contribution in [-0.4, -0.2) is 118 Å². The summed E-state index contributed by atoms with van der Waals surface area (Å²) in [4.78, 5) is 11.7. The second kappa shape index (κ2) is 16.6. The van der Waals surface area contributed by atoms with Crippen LogP contribution in [0.1, 0.15) is 11.1 Å². The lowest BCUT2D eigenvalue weighted by molar-refractivity contribution is -0.469. The lowest BCUT2D eigenvalue weighted by Crippen LogP contribution is -2.76. The topological polar surface area (TPSA) is 69.6 Å². The van der Waals surface area contributed by atoms with Gasteiger partial charge in [-0.15, -0.1) is 0 Å². The van der Waals surface area contributed by atoms with Crippen molar-refractivity contribution in [2.24, 2.45) is 0 Å². The van der Waals surface area contributed by atoms with Gasteiger partial charge in [-0.3, -0.25) is 4.79 Å². The van der Waals surface area contributed by atoms with Crippen LogP contribution in [0.3, 0.4) is 0 Å². The number of rotatable bonds is 19. The molecule has 0 heterocycles. The molecule has 0 radical (unpaired) electrons. The molecule has 1 rings (SSSR count). The molecule has 408 valence electrons. The van der Waals surface area contributed by atoms with Crippen molar-refractivity contribution in [1.82, 2.24) is 0 Å². The number of nitrogens with one attached hydrogen (secondary N) is 1. The summed E-state index contributed by atoms with van der Waals surface area (Å²) in [6.45, 7) is 2.31. The van der Waals surface area contributed by atoms with E-state index < -0.39 is 161 Å². The lowest BCUT2D eigenvalue weighted by atomic mass is 9.68. The van der Waals surface area contributed by atoms with E-state index in [0.717, 1.165) is 0 Å². The molecule has 70 heavy (non-hydrogen) atoms. The van der Waals surface area contributed by atoms with Gasteiger partial charge in [-0.2, -0.15) is 167 Å². The molecule has 43 heteroatoms. The summed E-state index contributed by atoms with van der Waals surface area (Å²) in [6, 6.07) is -3.38. The van der Waals surface area contributed by atoms with Gasteiger partial charge in [0, 0.05) is 11.0 Å². The van der Waals surface area contributed by atoms with Crippen LogP contribution < -0.4 is 10.8 Å². The molecule has 4 nitrogen and oxygen atoms in total. The van der Waals surface area contributed by atoms with Crippen molar-refractivity contribution in [3.05, 3.63) is 35.9 Å². The Morgan fingerprint density at radius 3 is 0.843 bits per heavy atom. The normalized spacial score (nSPS) is 16.1. The Bertz CT molecular complexity index is 2130. The minimum Gasteiger partial charge on any atom is -0.423 e. The zero-order valence-corrected chi connectivity index (χ0v) is 30.7. The van der Waals surface area contributed by atoms with Crippen LogP contribution >= 0.6 is 0 Å². The highest BCUT2D eigenvalue weighted by Crippen LogP contribution is 2.69. The highest BCUT2D eigenvalue weighted by molar-refractivity contribution is 6.60. The van der Waals surface area contributed by atoms with E-state index in [4.69, 9.17) is 0 Å². The van der Waals surface area contributed by atoms with E-state index in [1.54, 1.807) is 0 Å². The van der Waals surface area contributed by atoms with Crippen molar-refractivity contribution in [2.75, 3.05) is 5.32 Å². The summed E-state index contributed by atoms with van der Waals surface area (Å²) < 4.78 is 531. The first-order valence-electron chi connectivity index (χ1n) is 15.5. The van der Waals surface area contributed by atoms with Crippen molar-refractivity contribution in [1.29, 1.82) is 0 Å². The second-order valence-electron chi connectivity index (χ2n) is 13.2. The molecule has 0 fully saturated rings. The predicted octanol–water partition coefficient (Wildman–Crippen LogP) is 11.7. The van der Waals surface area contributed by atoms with Crippen LogP contribution in [0, 0.1) is 0 Å². The molecule has 0 saturated carbocycles. The van der Waals surface area contributed by atoms with Gasteiger partial charge in [-0.05, 0) is 12.1 Å². The Morgan fingerprint density at radius 2 is 0.614 bits per heavy atom. The minimum absolute atomic E-state index is 0.297. The van der Waals surface area contributed by atoms with Crippen molar-refractivity contribution in [3.8, 4) is 0 Å². The molecular formula is C27H8BF38NO3. The maximum Gasteiger partial charge on any atom is 0.489 e. The molecule has 0 aliphatic heterocycles. The number of hydrogen-bond donors (Lipinski definition) is 3. The highest BCUT2D eigenvalue weighted by atomic mass is 19.4. The number of hydrogen-bond acceptors (Lipinski definition) is 3. The molecule has 3 N–H and O–H groups in total. The minimum atomic E-state index is -9.87. The first-order chi connectivity index (χ1) is 29.9. The van der Waals surface area contributed by atoms with E-state index in [-0.39, 0.29) is 0 Å². The summed E-state index contributed by atoms with van der Waals surface area (Å²) in [5.74, 6) is -154. The van der Waals surface area contributed by atoms with Gasteiger partial charge in [0.15, 0.2) is 0 Å². The molecule has 0 aromatic heterocycles. The van der Waals surface area contributed by atoms with Crippen LogP contribution in [0.25, 0.3) is 0 Å². The fraction of sp³-hybridized carbons (Fsp3) is 0.667. The van der Waals surface area contributed by atoms with Crippen molar-refractivity contribution in [3.63, 3.8) is 0 Å². The zero-order chi connectivity index (χ0) is 57.3. The molecule has 0 bridgehead atoms. The standard InChI is InChI=1S/C27H8BF38NO3/c1-2-7(68)67-6-4-3-5(10(29,30)12(33,34)14(37,38)16(41,42)18(45,46)20(49,50)22(53,54)24(57,58)26(61,62)63)9(28(69)70)8(6)11(31,32)13(35,36)15(39,40)17(43,44)19(47,48)21(51,52)23(55,56)25(59,60)27(64,65)66/h2-4,69-70H,1H2,(H,67,68). The molecular weight excluding hydrogens is 1120 g/mol. The van der Waals surface area contributed by atoms with Crippen LogP contribution in [-0.2, 0) is 16.6 Å². The highest BCUT2D eigenvalue weighted by Gasteiger charge is 2.99. The Hall–Kier alpha value is -4.25. The molecule has 0 spiro atoms. The second-order valence-corrected chi connectivity index (χ2v) is 13.2. The third-order valence-corrected chi connectivity index (χ3v) is 8.83. The number of carbonyl (C=O) groups excluding carboxylic acids is 1. The van der Waals surface area contributed by atoms with Gasteiger partial charge in [0.05, 0.1) is 11.3 Å². The molecule has 1 aromatic carbocycles. The van der Waals surface area contributed by atoms with Gasteiger partial charge >= 0.3 is 114 Å². The average molecular weight is 1130 g/mol. The number of alkyl halides is 38. The molecule has 0 aliphatic rings. The van der Waals surface area contributed by atoms with Gasteiger partial charge in [0.2, 0.25) is 5.91 Å². The van der Waals surface area contributed by atoms with E-state index in [1.165, 1.54) is 0 Å². The van der Waals surface area contributed by atoms with Crippen LogP contribution in [0.5, 0.6) is 0 Å². The Balaban J connectivity index is 4.64. The summed E-state index contributed by atoms with van der Waals surface area (Å²) in [7, 11) is -5.43. The van der Waals surface area contributed by atoms with Gasteiger partial charge in [-0.1, -0.05) is 12.6 Å². The van der Waals surface area contributed by atoms with Gasteiger partial charge in [-0.25, -0.2) is 0 Å². The number of amides is 1. The molecule has 0 aliphatic carbocycles. The average Bonchev–Trinajstić information content (AvgIpc) is 3.15. The van der Waals surface area contributed by atoms with E-state index in [1.807, 2.05) is 0 Å². The maximum atomic E-state index is 15.6. The van der Waals surface area contributed by atoms with Gasteiger partial charge in [0.1, 0.15) is 0 Å². The van der Waals surface area contributed by atoms with Crippen molar-refractivity contribution < 1.29 is 182 Å². The first-order valence-corrected chi connectivity index (χ1v) is 15.5. The molecule has 0 atom stereocenters. The third kappa shape index (κ3) is 7.86. The summed E-state index contributed by atoms with van der Waals surface area (Å²) in [6.07, 6.45) is -17.3. The van der Waals surface area contributed by atoms with Gasteiger partial charge in [0.25, 0.3) is 0 Å². The van der Waals surface area contributed by atoms with Crippen molar-refractivity contribution >= 4 is 24.2 Å². The molecule has 1 amide bonds. The predicted molar refractivity (Wildman–Crippen MR) is 144 cm³/mol. The molecule has 0 saturated heterocycles. The van der Waals surface area contributed by atoms with E-state index >= 15 is 26.3 Å². The van der Waals surface area contributed by atoms with E-state index in [9.17, 15) is 155 Å². The molecule has 0 unspecified atom stereocenters. The fourth-order valence-electron chi connectivity index (χ4n) is 4.84. The number of carbonyl (C=O) groups is 1. The number of anilines is 1. The smallest absolute Gasteiger partial charge is 0.423 e. The van der Waals surface area contributed by atoms with Crippen LogP contribution in [0.15, 0.2) is 24.8 Å². The Kier molecular flexibility index (Phi) is 15.2. The van der Waals surface area contributed by atoms with Crippen LogP contribution in [0.4, 0.5) is 173 Å². The van der Waals surface area contributed by atoms with Crippen LogP contribution in [0.2, 0.25) is 0 Å². The largest absolute Gasteiger partial charge is 0.489 e. The van der Waals surface area contributed by atoms with E-state index in [0.29, 0.717) is 5.32 Å². The SMILES string of the molecule is C=CC(=O)Nc1ccc(C(F)(F)C(F)(F)C(F)(F)C(F)(F)C(F)(F)C(F)(F)C(F)(F)C(F)(F)C(F)(F)F)c(B(O)O)c1C(F)(F)C(F)(F)C(F)(F)C(F)(F)C(F)(F)C(F)(F)C(F)(F)C(F)(F)C(F)(F)F. The van der Waals surface area contributed by atoms with Gasteiger partial charge < -0.3 is 15.4 Å². The maximum absolute atomic E-state index is 15.6. The number of benzene rings is 1. The van der Waals surface area contributed by atoms with E-state index in [2.05, 4.69) is 6.58 Å². The third-order valence-electron chi connectivity index (χ3n) is 8.83. The summed E-state index contributed by atoms with van der Waals surface area (Å²) >= 11 is 0. The quantitative estimate of drug-likeness (QED) is 0.0734. The first kappa shape index (κ1) is 63.8. The molecule has 1 aromatic rings. The van der Waals surface area contributed by atoms with Crippen molar-refractivity contribution in [2.45, 2.75) is 107 Å². The Morgan fingerprint density at radius 1 is 0.386 bits per heavy atom. The monoisotopic (exact) mass is 1130 g/mol. The number of halogens is 38. The summed E-state index contributed by atoms with van der Waals surface area (Å²) in [5, 5.41) is 19.1. The fourth-order valence-corrected chi connectivity index (χ4v) is 4.84. The lowest BCUT2D eigenvalue weighted by Gasteiger charge is -2.44. The Labute approximate surface area is 355 Å². The summed E-state index contributed by atoms with van der Waals surface area (Å²) in [5.41, 5.74) is -17.3. The zero-order valence-electron chi connectivity index (χ0n) is 30.7.